The Labute approximate surface area is 173 Å². The van der Waals surface area contributed by atoms with Crippen LogP contribution in [0.25, 0.3) is 5.69 Å². The van der Waals surface area contributed by atoms with E-state index in [2.05, 4.69) is 4.98 Å². The molecule has 0 aliphatic carbocycles. The molecule has 0 fully saturated rings. The summed E-state index contributed by atoms with van der Waals surface area (Å²) in [6.45, 7) is 0.0569. The minimum Gasteiger partial charge on any atom is -0.490 e. The lowest BCUT2D eigenvalue weighted by Crippen LogP contribution is -2.22. The van der Waals surface area contributed by atoms with Crippen LogP contribution in [0, 0.1) is 5.82 Å². The van der Waals surface area contributed by atoms with Gasteiger partial charge in [0.15, 0.2) is 5.69 Å². The predicted octanol–water partition coefficient (Wildman–Crippen LogP) is 2.50. The third-order valence-corrected chi connectivity index (χ3v) is 5.97. The van der Waals surface area contributed by atoms with Crippen molar-refractivity contribution < 1.29 is 27.1 Å². The molecule has 2 aromatic carbocycles. The highest BCUT2D eigenvalue weighted by Crippen LogP contribution is 2.18. The normalized spacial score (nSPS) is 11.5. The zero-order chi connectivity index (χ0) is 21.7. The predicted molar refractivity (Wildman–Crippen MR) is 107 cm³/mol. The van der Waals surface area contributed by atoms with Gasteiger partial charge in [-0.15, -0.1) is 0 Å². The number of rotatable bonds is 8. The van der Waals surface area contributed by atoms with Gasteiger partial charge in [-0.25, -0.2) is 26.9 Å². The van der Waals surface area contributed by atoms with Crippen molar-refractivity contribution in [3.63, 3.8) is 0 Å². The third kappa shape index (κ3) is 4.84. The van der Waals surface area contributed by atoms with Gasteiger partial charge in [0.2, 0.25) is 10.0 Å². The molecule has 0 bridgehead atoms. The molecule has 158 valence electrons. The van der Waals surface area contributed by atoms with Crippen LogP contribution in [0.3, 0.4) is 0 Å². The van der Waals surface area contributed by atoms with Gasteiger partial charge in [0.1, 0.15) is 24.8 Å². The van der Waals surface area contributed by atoms with Crippen molar-refractivity contribution >= 4 is 16.0 Å². The van der Waals surface area contributed by atoms with E-state index in [1.165, 1.54) is 79.7 Å². The molecule has 0 spiro atoms. The van der Waals surface area contributed by atoms with Crippen LogP contribution in [0.5, 0.6) is 5.75 Å². The SMILES string of the molecule is CN(C)S(=O)(=O)c1ccc(OCCOC(=O)c2cncn2-c2ccc(F)cc2)cc1. The lowest BCUT2D eigenvalue weighted by molar-refractivity contribution is 0.0441. The topological polar surface area (TPSA) is 90.7 Å². The summed E-state index contributed by atoms with van der Waals surface area (Å²) in [6, 6.07) is 11.6. The molecule has 1 aromatic heterocycles. The number of carbonyl (C=O) groups is 1. The molecular formula is C20H20FN3O5S. The first-order valence-corrected chi connectivity index (χ1v) is 10.3. The van der Waals surface area contributed by atoms with Crippen LogP contribution >= 0.6 is 0 Å². The van der Waals surface area contributed by atoms with Crippen molar-refractivity contribution in [2.24, 2.45) is 0 Å². The number of hydrogen-bond acceptors (Lipinski definition) is 6. The maximum atomic E-state index is 13.1. The van der Waals surface area contributed by atoms with Gasteiger partial charge in [-0.3, -0.25) is 4.57 Å². The number of sulfonamides is 1. The fourth-order valence-corrected chi connectivity index (χ4v) is 3.44. The minimum absolute atomic E-state index is 0.0226. The molecule has 0 saturated heterocycles. The van der Waals surface area contributed by atoms with E-state index in [1.807, 2.05) is 0 Å². The van der Waals surface area contributed by atoms with E-state index < -0.39 is 16.0 Å². The van der Waals surface area contributed by atoms with E-state index in [0.717, 1.165) is 4.31 Å². The van der Waals surface area contributed by atoms with E-state index in [0.29, 0.717) is 11.4 Å². The second kappa shape index (κ2) is 9.06. The molecule has 0 radical (unpaired) electrons. The van der Waals surface area contributed by atoms with Gasteiger partial charge in [-0.1, -0.05) is 0 Å². The Balaban J connectivity index is 1.54. The summed E-state index contributed by atoms with van der Waals surface area (Å²) in [6.07, 6.45) is 2.79. The molecule has 0 aliphatic rings. The molecule has 3 rings (SSSR count). The Bertz CT molecular complexity index is 1110. The van der Waals surface area contributed by atoms with Crippen molar-refractivity contribution in [1.82, 2.24) is 13.9 Å². The lowest BCUT2D eigenvalue weighted by atomic mass is 10.3. The summed E-state index contributed by atoms with van der Waals surface area (Å²) >= 11 is 0. The van der Waals surface area contributed by atoms with Crippen LogP contribution in [0.1, 0.15) is 10.5 Å². The molecule has 3 aromatic rings. The number of hydrogen-bond donors (Lipinski definition) is 0. The highest BCUT2D eigenvalue weighted by atomic mass is 32.2. The van der Waals surface area contributed by atoms with Crippen LogP contribution in [-0.2, 0) is 14.8 Å². The first-order chi connectivity index (χ1) is 14.3. The maximum absolute atomic E-state index is 13.1. The number of ether oxygens (including phenoxy) is 2. The summed E-state index contributed by atoms with van der Waals surface area (Å²) < 4.78 is 50.5. The monoisotopic (exact) mass is 433 g/mol. The number of halogens is 1. The molecule has 0 unspecified atom stereocenters. The van der Waals surface area contributed by atoms with Crippen molar-refractivity contribution in [1.29, 1.82) is 0 Å². The molecule has 0 saturated carbocycles. The fraction of sp³-hybridized carbons (Fsp3) is 0.200. The molecular weight excluding hydrogens is 413 g/mol. The van der Waals surface area contributed by atoms with Crippen molar-refractivity contribution in [3.8, 4) is 11.4 Å². The second-order valence-electron chi connectivity index (χ2n) is 6.37. The first kappa shape index (κ1) is 21.5. The summed E-state index contributed by atoms with van der Waals surface area (Å²) in [4.78, 5) is 16.4. The standard InChI is InChI=1S/C20H20FN3O5S/c1-23(2)30(26,27)18-9-7-17(8-10-18)28-11-12-29-20(25)19-13-22-14-24(19)16-5-3-15(21)4-6-16/h3-10,13-14H,11-12H2,1-2H3. The van der Waals surface area contributed by atoms with Gasteiger partial charge in [0.25, 0.3) is 0 Å². The Morgan fingerprint density at radius 1 is 1.07 bits per heavy atom. The van der Waals surface area contributed by atoms with Gasteiger partial charge in [-0.05, 0) is 48.5 Å². The molecule has 0 N–H and O–H groups in total. The average molecular weight is 433 g/mol. The minimum atomic E-state index is -3.51. The van der Waals surface area contributed by atoms with Crippen LogP contribution < -0.4 is 4.74 Å². The highest BCUT2D eigenvalue weighted by Gasteiger charge is 2.17. The first-order valence-electron chi connectivity index (χ1n) is 8.90. The Morgan fingerprint density at radius 2 is 1.73 bits per heavy atom. The number of carbonyl (C=O) groups excluding carboxylic acids is 1. The molecule has 8 nitrogen and oxygen atoms in total. The van der Waals surface area contributed by atoms with Gasteiger partial charge < -0.3 is 9.47 Å². The molecule has 0 amide bonds. The number of benzene rings is 2. The Kier molecular flexibility index (Phi) is 6.48. The number of aromatic nitrogens is 2. The smallest absolute Gasteiger partial charge is 0.357 e. The van der Waals surface area contributed by atoms with E-state index >= 15 is 0 Å². The number of imidazole rings is 1. The van der Waals surface area contributed by atoms with Gasteiger partial charge >= 0.3 is 5.97 Å². The van der Waals surface area contributed by atoms with Gasteiger partial charge in [-0.2, -0.15) is 0 Å². The van der Waals surface area contributed by atoms with Crippen LogP contribution in [0.4, 0.5) is 4.39 Å². The van der Waals surface area contributed by atoms with E-state index in [4.69, 9.17) is 9.47 Å². The molecule has 0 aliphatic heterocycles. The van der Waals surface area contributed by atoms with Crippen molar-refractivity contribution in [2.45, 2.75) is 4.90 Å². The number of esters is 1. The summed E-state index contributed by atoms with van der Waals surface area (Å²) in [5, 5.41) is 0. The van der Waals surface area contributed by atoms with E-state index in [-0.39, 0.29) is 29.6 Å². The zero-order valence-electron chi connectivity index (χ0n) is 16.4. The largest absolute Gasteiger partial charge is 0.490 e. The van der Waals surface area contributed by atoms with Gasteiger partial charge in [0.05, 0.1) is 17.4 Å². The maximum Gasteiger partial charge on any atom is 0.357 e. The molecule has 0 atom stereocenters. The Morgan fingerprint density at radius 3 is 2.37 bits per heavy atom. The third-order valence-electron chi connectivity index (χ3n) is 4.14. The van der Waals surface area contributed by atoms with E-state index in [9.17, 15) is 17.6 Å². The summed E-state index contributed by atoms with van der Waals surface area (Å²) in [5.74, 6) is -0.541. The molecule has 10 heteroatoms. The Hall–Kier alpha value is -3.24. The van der Waals surface area contributed by atoms with Gasteiger partial charge in [0, 0.05) is 19.8 Å². The zero-order valence-corrected chi connectivity index (χ0v) is 17.2. The molecule has 30 heavy (non-hydrogen) atoms. The van der Waals surface area contributed by atoms with Crippen molar-refractivity contribution in [2.75, 3.05) is 27.3 Å². The summed E-state index contributed by atoms with van der Waals surface area (Å²) in [5.41, 5.74) is 0.768. The average Bonchev–Trinajstić information content (AvgIpc) is 3.22. The molecule has 1 heterocycles. The van der Waals surface area contributed by atoms with Crippen LogP contribution in [0.15, 0.2) is 66.0 Å². The lowest BCUT2D eigenvalue weighted by Gasteiger charge is -2.12. The highest BCUT2D eigenvalue weighted by molar-refractivity contribution is 7.89. The fourth-order valence-electron chi connectivity index (χ4n) is 2.54. The van der Waals surface area contributed by atoms with Crippen LogP contribution in [-0.4, -0.2) is 55.6 Å². The van der Waals surface area contributed by atoms with Crippen LogP contribution in [0.2, 0.25) is 0 Å². The van der Waals surface area contributed by atoms with E-state index in [1.54, 1.807) is 0 Å². The summed E-state index contributed by atoms with van der Waals surface area (Å²) in [7, 11) is -0.596. The quantitative estimate of drug-likeness (QED) is 0.401. The van der Waals surface area contributed by atoms with Crippen molar-refractivity contribution in [3.05, 3.63) is 72.6 Å². The second-order valence-corrected chi connectivity index (χ2v) is 8.52. The number of nitrogens with zero attached hydrogens (tertiary/aromatic N) is 3.